The van der Waals surface area contributed by atoms with Gasteiger partial charge in [0.15, 0.2) is 0 Å². The van der Waals surface area contributed by atoms with E-state index < -0.39 is 11.7 Å². The minimum Gasteiger partial charge on any atom is -0.338 e. The number of amides is 1. The van der Waals surface area contributed by atoms with Crippen molar-refractivity contribution in [1.82, 2.24) is 5.32 Å². The van der Waals surface area contributed by atoms with Crippen molar-refractivity contribution in [2.75, 3.05) is 0 Å². The molecule has 16 heavy (non-hydrogen) atoms. The third kappa shape index (κ3) is 3.07. The summed E-state index contributed by atoms with van der Waals surface area (Å²) < 4.78 is 14.0. The van der Waals surface area contributed by atoms with Gasteiger partial charge >= 0.3 is 0 Å². The molecule has 84 valence electrons. The van der Waals surface area contributed by atoms with Crippen molar-refractivity contribution < 1.29 is 9.18 Å². The molecule has 0 aliphatic carbocycles. The van der Waals surface area contributed by atoms with E-state index in [1.807, 2.05) is 6.92 Å². The fraction of sp³-hybridized carbons (Fsp3) is 0.250. The largest absolute Gasteiger partial charge is 0.338 e. The molecule has 1 aromatic rings. The van der Waals surface area contributed by atoms with Gasteiger partial charge in [0.1, 0.15) is 5.82 Å². The molecule has 4 heteroatoms. The second kappa shape index (κ2) is 5.66. The summed E-state index contributed by atoms with van der Waals surface area (Å²) in [5.74, 6) is 1.36. The molecule has 1 rings (SSSR count). The lowest BCUT2D eigenvalue weighted by molar-refractivity contribution is 0.0941. The molecule has 0 fully saturated rings. The molecule has 1 amide bonds. The maximum atomic E-state index is 13.4. The van der Waals surface area contributed by atoms with Gasteiger partial charge in [-0.15, -0.1) is 6.42 Å². The number of nitrogens with one attached hydrogen (secondary N) is 1. The molecule has 0 spiro atoms. The molecule has 0 heterocycles. The van der Waals surface area contributed by atoms with Gasteiger partial charge in [-0.1, -0.05) is 28.8 Å². The van der Waals surface area contributed by atoms with Crippen LogP contribution in [-0.2, 0) is 0 Å². The zero-order valence-corrected chi connectivity index (χ0v) is 10.3. The Kier molecular flexibility index (Phi) is 4.51. The Bertz CT molecular complexity index is 439. The molecule has 0 aromatic heterocycles. The van der Waals surface area contributed by atoms with Crippen LogP contribution in [0.3, 0.4) is 0 Å². The van der Waals surface area contributed by atoms with Gasteiger partial charge in [0.05, 0.1) is 11.6 Å². The molecule has 1 unspecified atom stereocenters. The van der Waals surface area contributed by atoms with Gasteiger partial charge in [0.25, 0.3) is 5.91 Å². The first-order chi connectivity index (χ1) is 7.58. The van der Waals surface area contributed by atoms with E-state index in [0.29, 0.717) is 10.9 Å². The number of hydrogen-bond acceptors (Lipinski definition) is 1. The summed E-state index contributed by atoms with van der Waals surface area (Å²) in [4.78, 5) is 11.6. The van der Waals surface area contributed by atoms with Crippen molar-refractivity contribution in [2.24, 2.45) is 0 Å². The molecule has 0 radical (unpaired) electrons. The van der Waals surface area contributed by atoms with Crippen molar-refractivity contribution in [2.45, 2.75) is 19.4 Å². The van der Waals surface area contributed by atoms with Crippen LogP contribution < -0.4 is 5.32 Å². The van der Waals surface area contributed by atoms with Crippen LogP contribution in [0.4, 0.5) is 4.39 Å². The highest BCUT2D eigenvalue weighted by Crippen LogP contribution is 2.15. The van der Waals surface area contributed by atoms with E-state index in [4.69, 9.17) is 6.42 Å². The SMILES string of the molecule is C#CC(CC)NC(=O)c1ccc(Br)cc1F. The Labute approximate surface area is 102 Å². The van der Waals surface area contributed by atoms with Crippen LogP contribution in [0.2, 0.25) is 0 Å². The Morgan fingerprint density at radius 1 is 1.69 bits per heavy atom. The molecule has 2 nitrogen and oxygen atoms in total. The zero-order valence-electron chi connectivity index (χ0n) is 8.76. The summed E-state index contributed by atoms with van der Waals surface area (Å²) >= 11 is 3.12. The molecule has 0 aliphatic rings. The van der Waals surface area contributed by atoms with E-state index in [0.717, 1.165) is 0 Å². The smallest absolute Gasteiger partial charge is 0.255 e. The molecule has 1 N–H and O–H groups in total. The van der Waals surface area contributed by atoms with E-state index >= 15 is 0 Å². The van der Waals surface area contributed by atoms with Gasteiger partial charge in [-0.2, -0.15) is 0 Å². The minimum atomic E-state index is -0.571. The van der Waals surface area contributed by atoms with E-state index in [2.05, 4.69) is 27.2 Å². The minimum absolute atomic E-state index is 0.00287. The summed E-state index contributed by atoms with van der Waals surface area (Å²) in [7, 11) is 0. The Morgan fingerprint density at radius 2 is 2.38 bits per heavy atom. The van der Waals surface area contributed by atoms with Crippen LogP contribution >= 0.6 is 15.9 Å². The third-order valence-corrected chi connectivity index (χ3v) is 2.58. The first kappa shape index (κ1) is 12.7. The van der Waals surface area contributed by atoms with Crippen LogP contribution in [0.5, 0.6) is 0 Å². The summed E-state index contributed by atoms with van der Waals surface area (Å²) in [6.07, 6.45) is 5.82. The van der Waals surface area contributed by atoms with Crippen molar-refractivity contribution in [3.63, 3.8) is 0 Å². The number of carbonyl (C=O) groups is 1. The number of halogens is 2. The molecule has 0 saturated carbocycles. The molecule has 0 aliphatic heterocycles. The Hall–Kier alpha value is -1.34. The standard InChI is InChI=1S/C12H11BrFNO/c1-3-9(4-2)15-12(16)10-6-5-8(13)7-11(10)14/h1,5-7,9H,4H2,2H3,(H,15,16). The van der Waals surface area contributed by atoms with Gasteiger partial charge in [-0.3, -0.25) is 4.79 Å². The fourth-order valence-corrected chi connectivity index (χ4v) is 1.50. The molecular weight excluding hydrogens is 273 g/mol. The van der Waals surface area contributed by atoms with E-state index in [1.165, 1.54) is 12.1 Å². The first-order valence-corrected chi connectivity index (χ1v) is 5.59. The van der Waals surface area contributed by atoms with Crippen molar-refractivity contribution >= 4 is 21.8 Å². The summed E-state index contributed by atoms with van der Waals surface area (Å²) in [5, 5.41) is 2.56. The van der Waals surface area contributed by atoms with E-state index in [9.17, 15) is 9.18 Å². The Balaban J connectivity index is 2.85. The highest BCUT2D eigenvalue weighted by Gasteiger charge is 2.14. The number of benzene rings is 1. The molecule has 0 bridgehead atoms. The van der Waals surface area contributed by atoms with Crippen LogP contribution in [-0.4, -0.2) is 11.9 Å². The molecular formula is C12H11BrFNO. The second-order valence-corrected chi connectivity index (χ2v) is 4.14. The van der Waals surface area contributed by atoms with Crippen LogP contribution in [0.1, 0.15) is 23.7 Å². The predicted octanol–water partition coefficient (Wildman–Crippen LogP) is 2.73. The van der Waals surface area contributed by atoms with Gasteiger partial charge in [0, 0.05) is 4.47 Å². The van der Waals surface area contributed by atoms with Gasteiger partial charge in [-0.05, 0) is 24.6 Å². The maximum Gasteiger partial charge on any atom is 0.255 e. The normalized spacial score (nSPS) is 11.6. The summed E-state index contributed by atoms with van der Waals surface area (Å²) in [6.45, 7) is 1.85. The third-order valence-electron chi connectivity index (χ3n) is 2.09. The lowest BCUT2D eigenvalue weighted by Crippen LogP contribution is -2.33. The average Bonchev–Trinajstić information content (AvgIpc) is 2.25. The molecule has 1 aromatic carbocycles. The fourth-order valence-electron chi connectivity index (χ4n) is 1.17. The first-order valence-electron chi connectivity index (χ1n) is 4.80. The average molecular weight is 284 g/mol. The van der Waals surface area contributed by atoms with Crippen molar-refractivity contribution in [1.29, 1.82) is 0 Å². The topological polar surface area (TPSA) is 29.1 Å². The van der Waals surface area contributed by atoms with Crippen LogP contribution in [0, 0.1) is 18.2 Å². The van der Waals surface area contributed by atoms with Crippen LogP contribution in [0.25, 0.3) is 0 Å². The predicted molar refractivity (Wildman–Crippen MR) is 64.5 cm³/mol. The maximum absolute atomic E-state index is 13.4. The number of rotatable bonds is 3. The monoisotopic (exact) mass is 283 g/mol. The number of terminal acetylenes is 1. The second-order valence-electron chi connectivity index (χ2n) is 3.23. The van der Waals surface area contributed by atoms with Gasteiger partial charge in [-0.25, -0.2) is 4.39 Å². The lowest BCUT2D eigenvalue weighted by Gasteiger charge is -2.11. The molecule has 0 saturated heterocycles. The number of carbonyl (C=O) groups excluding carboxylic acids is 1. The van der Waals surface area contributed by atoms with Crippen molar-refractivity contribution in [3.05, 3.63) is 34.1 Å². The van der Waals surface area contributed by atoms with Gasteiger partial charge in [0.2, 0.25) is 0 Å². The highest BCUT2D eigenvalue weighted by molar-refractivity contribution is 9.10. The molecule has 1 atom stereocenters. The zero-order chi connectivity index (χ0) is 12.1. The Morgan fingerprint density at radius 3 is 2.88 bits per heavy atom. The summed E-state index contributed by atoms with van der Waals surface area (Å²) in [6, 6.07) is 3.90. The summed E-state index contributed by atoms with van der Waals surface area (Å²) in [5.41, 5.74) is -0.00287. The van der Waals surface area contributed by atoms with Crippen LogP contribution in [0.15, 0.2) is 22.7 Å². The van der Waals surface area contributed by atoms with E-state index in [1.54, 1.807) is 6.07 Å². The van der Waals surface area contributed by atoms with Crippen molar-refractivity contribution in [3.8, 4) is 12.3 Å². The highest BCUT2D eigenvalue weighted by atomic mass is 79.9. The lowest BCUT2D eigenvalue weighted by atomic mass is 10.1. The number of hydrogen-bond donors (Lipinski definition) is 1. The van der Waals surface area contributed by atoms with Gasteiger partial charge < -0.3 is 5.32 Å². The van der Waals surface area contributed by atoms with E-state index in [-0.39, 0.29) is 11.6 Å². The quantitative estimate of drug-likeness (QED) is 0.850.